The summed E-state index contributed by atoms with van der Waals surface area (Å²) in [7, 11) is 1.64. The van der Waals surface area contributed by atoms with Gasteiger partial charge >= 0.3 is 0 Å². The van der Waals surface area contributed by atoms with E-state index < -0.39 is 0 Å². The van der Waals surface area contributed by atoms with Crippen molar-refractivity contribution in [2.75, 3.05) is 31.6 Å². The summed E-state index contributed by atoms with van der Waals surface area (Å²) >= 11 is 7.47. The van der Waals surface area contributed by atoms with Crippen LogP contribution in [0.2, 0.25) is 0 Å². The molecule has 0 fully saturated rings. The van der Waals surface area contributed by atoms with Crippen molar-refractivity contribution >= 4 is 44.6 Å². The molecule has 110 valence electrons. The van der Waals surface area contributed by atoms with Gasteiger partial charge in [-0.05, 0) is 18.2 Å². The molecule has 0 saturated carbocycles. The molecular weight excluding hydrogens is 308 g/mol. The Morgan fingerprint density at radius 3 is 3.10 bits per heavy atom. The molecule has 0 bridgehead atoms. The van der Waals surface area contributed by atoms with Crippen LogP contribution in [0.5, 0.6) is 5.75 Å². The predicted molar refractivity (Wildman–Crippen MR) is 87.9 cm³/mol. The Labute approximate surface area is 132 Å². The van der Waals surface area contributed by atoms with Gasteiger partial charge in [0.1, 0.15) is 10.6 Å². The van der Waals surface area contributed by atoms with Crippen molar-refractivity contribution in [1.29, 1.82) is 0 Å². The lowest BCUT2D eigenvalue weighted by Crippen LogP contribution is -2.30. The number of fused-ring (bicyclic) bond motifs is 3. The van der Waals surface area contributed by atoms with E-state index in [9.17, 15) is 4.79 Å². The molecule has 2 heterocycles. The Hall–Kier alpha value is -1.72. The lowest BCUT2D eigenvalue weighted by Gasteiger charge is -2.22. The molecule has 0 atom stereocenters. The molecule has 3 rings (SSSR count). The second kappa shape index (κ2) is 5.58. The first-order valence-electron chi connectivity index (χ1n) is 6.57. The third-order valence-corrected chi connectivity index (χ3v) is 4.70. The Kier molecular flexibility index (Phi) is 3.78. The fourth-order valence-corrected chi connectivity index (χ4v) is 3.79. The number of hydrogen-bond donors (Lipinski definition) is 1. The first-order chi connectivity index (χ1) is 10.1. The highest BCUT2D eigenvalue weighted by molar-refractivity contribution is 7.21. The van der Waals surface area contributed by atoms with Crippen LogP contribution in [-0.4, -0.2) is 32.7 Å². The van der Waals surface area contributed by atoms with Crippen LogP contribution < -0.4 is 15.0 Å². The molecule has 0 aliphatic carbocycles. The smallest absolute Gasteiger partial charge is 0.263 e. The number of anilines is 1. The summed E-state index contributed by atoms with van der Waals surface area (Å²) in [5, 5.41) is 4.49. The van der Waals surface area contributed by atoms with E-state index in [1.54, 1.807) is 7.11 Å². The van der Waals surface area contributed by atoms with Gasteiger partial charge < -0.3 is 15.0 Å². The summed E-state index contributed by atoms with van der Waals surface area (Å²) in [5.74, 6) is 0.741. The van der Waals surface area contributed by atoms with Crippen molar-refractivity contribution in [1.82, 2.24) is 5.32 Å². The van der Waals surface area contributed by atoms with E-state index in [-0.39, 0.29) is 5.91 Å². The fourth-order valence-electron chi connectivity index (χ4n) is 2.52. The lowest BCUT2D eigenvalue weighted by atomic mass is 10.2. The van der Waals surface area contributed by atoms with Crippen molar-refractivity contribution in [2.45, 2.75) is 0 Å². The van der Waals surface area contributed by atoms with E-state index in [0.717, 1.165) is 21.5 Å². The summed E-state index contributed by atoms with van der Waals surface area (Å²) in [6, 6.07) is 5.85. The number of benzene rings is 1. The number of hydrogen-bond acceptors (Lipinski definition) is 4. The summed E-state index contributed by atoms with van der Waals surface area (Å²) in [6.45, 7) is 5.58. The fraction of sp³-hybridized carbons (Fsp3) is 0.267. The van der Waals surface area contributed by atoms with E-state index >= 15 is 0 Å². The highest BCUT2D eigenvalue weighted by Crippen LogP contribution is 2.41. The normalized spacial score (nSPS) is 14.6. The van der Waals surface area contributed by atoms with Crippen LogP contribution in [0.25, 0.3) is 10.1 Å². The average molecular weight is 323 g/mol. The van der Waals surface area contributed by atoms with Gasteiger partial charge in [0, 0.05) is 28.2 Å². The minimum atomic E-state index is -0.0344. The molecule has 0 radical (unpaired) electrons. The van der Waals surface area contributed by atoms with Crippen LogP contribution in [0.1, 0.15) is 9.67 Å². The van der Waals surface area contributed by atoms with E-state index in [4.69, 9.17) is 16.3 Å². The van der Waals surface area contributed by atoms with Gasteiger partial charge in [0.05, 0.1) is 19.3 Å². The number of carbonyl (C=O) groups excluding carboxylic acids is 1. The quantitative estimate of drug-likeness (QED) is 0.943. The van der Waals surface area contributed by atoms with Gasteiger partial charge in [0.25, 0.3) is 5.91 Å². The van der Waals surface area contributed by atoms with Crippen molar-refractivity contribution < 1.29 is 9.53 Å². The van der Waals surface area contributed by atoms with Crippen molar-refractivity contribution in [3.63, 3.8) is 0 Å². The largest absolute Gasteiger partial charge is 0.497 e. The molecular formula is C15H15ClN2O2S. The van der Waals surface area contributed by atoms with Gasteiger partial charge in [0.2, 0.25) is 0 Å². The monoisotopic (exact) mass is 322 g/mol. The highest BCUT2D eigenvalue weighted by Gasteiger charge is 2.26. The van der Waals surface area contributed by atoms with Crippen LogP contribution in [-0.2, 0) is 0 Å². The first kappa shape index (κ1) is 14.2. The number of thiophene rings is 1. The number of carbonyl (C=O) groups is 1. The topological polar surface area (TPSA) is 41.6 Å². The maximum absolute atomic E-state index is 12.2. The van der Waals surface area contributed by atoms with E-state index in [1.807, 2.05) is 18.2 Å². The summed E-state index contributed by atoms with van der Waals surface area (Å²) < 4.78 is 6.36. The Bertz CT molecular complexity index is 726. The van der Waals surface area contributed by atoms with Crippen LogP contribution >= 0.6 is 22.9 Å². The zero-order valence-corrected chi connectivity index (χ0v) is 13.2. The molecule has 1 aromatic heterocycles. The Morgan fingerprint density at radius 1 is 1.57 bits per heavy atom. The number of methoxy groups -OCH3 is 1. The molecule has 4 nitrogen and oxygen atoms in total. The molecule has 21 heavy (non-hydrogen) atoms. The number of halogens is 1. The third-order valence-electron chi connectivity index (χ3n) is 3.42. The molecule has 1 aliphatic rings. The van der Waals surface area contributed by atoms with Crippen LogP contribution in [0.3, 0.4) is 0 Å². The Morgan fingerprint density at radius 2 is 2.38 bits per heavy atom. The number of nitrogens with zero attached hydrogens (tertiary/aromatic N) is 1. The minimum Gasteiger partial charge on any atom is -0.497 e. The average Bonchev–Trinajstić information content (AvgIpc) is 2.76. The van der Waals surface area contributed by atoms with Gasteiger partial charge in [-0.25, -0.2) is 0 Å². The van der Waals surface area contributed by atoms with Crippen molar-refractivity contribution in [2.24, 2.45) is 0 Å². The lowest BCUT2D eigenvalue weighted by molar-refractivity contribution is 0.0962. The molecule has 1 N–H and O–H groups in total. The molecule has 1 aliphatic heterocycles. The summed E-state index contributed by atoms with van der Waals surface area (Å²) in [5.41, 5.74) is 0.922. The Balaban J connectivity index is 2.21. The highest BCUT2D eigenvalue weighted by atomic mass is 35.5. The molecule has 0 spiro atoms. The second-order valence-electron chi connectivity index (χ2n) is 4.84. The molecule has 0 unspecified atom stereocenters. The summed E-state index contributed by atoms with van der Waals surface area (Å²) in [6.07, 6.45) is 0. The minimum absolute atomic E-state index is 0.0344. The molecule has 0 saturated heterocycles. The van der Waals surface area contributed by atoms with Crippen LogP contribution in [0, 0.1) is 0 Å². The third kappa shape index (κ3) is 2.59. The van der Waals surface area contributed by atoms with Gasteiger partial charge in [-0.15, -0.1) is 11.3 Å². The molecule has 1 aromatic carbocycles. The van der Waals surface area contributed by atoms with Gasteiger partial charge in [-0.2, -0.15) is 0 Å². The number of nitrogens with one attached hydrogen (secondary N) is 1. The van der Waals surface area contributed by atoms with Crippen molar-refractivity contribution in [3.8, 4) is 5.75 Å². The van der Waals surface area contributed by atoms with Crippen LogP contribution in [0.15, 0.2) is 29.8 Å². The second-order valence-corrected chi connectivity index (χ2v) is 6.42. The maximum Gasteiger partial charge on any atom is 0.263 e. The van der Waals surface area contributed by atoms with Gasteiger partial charge in [-0.3, -0.25) is 4.79 Å². The number of rotatable bonds is 3. The van der Waals surface area contributed by atoms with Crippen LogP contribution in [0.4, 0.5) is 5.69 Å². The predicted octanol–water partition coefficient (Wildman–Crippen LogP) is 3.21. The molecule has 2 aromatic rings. The van der Waals surface area contributed by atoms with E-state index in [0.29, 0.717) is 29.5 Å². The zero-order chi connectivity index (χ0) is 15.0. The standard InChI is InChI=1S/C15H15ClN2O2S/c1-9(16)8-18-6-5-17-15(19)14-13(18)11-7-10(20-2)3-4-12(11)21-14/h3-4,7H,1,5-6,8H2,2H3,(H,17,19). The van der Waals surface area contributed by atoms with Gasteiger partial charge in [0.15, 0.2) is 0 Å². The zero-order valence-electron chi connectivity index (χ0n) is 11.6. The van der Waals surface area contributed by atoms with E-state index in [2.05, 4.69) is 16.8 Å². The number of ether oxygens (including phenoxy) is 1. The number of amides is 1. The maximum atomic E-state index is 12.2. The van der Waals surface area contributed by atoms with E-state index in [1.165, 1.54) is 11.3 Å². The molecule has 6 heteroatoms. The SMILES string of the molecule is C=C(Cl)CN1CCNC(=O)c2sc3ccc(OC)cc3c21. The van der Waals surface area contributed by atoms with Crippen molar-refractivity contribution in [3.05, 3.63) is 34.7 Å². The summed E-state index contributed by atoms with van der Waals surface area (Å²) in [4.78, 5) is 15.1. The molecule has 1 amide bonds. The van der Waals surface area contributed by atoms with Gasteiger partial charge in [-0.1, -0.05) is 18.2 Å². The first-order valence-corrected chi connectivity index (χ1v) is 7.76.